The minimum absolute atomic E-state index is 0.230. The van der Waals surface area contributed by atoms with Gasteiger partial charge in [-0.05, 0) is 62.8 Å². The van der Waals surface area contributed by atoms with Crippen molar-refractivity contribution in [3.8, 4) is 0 Å². The molecule has 4 rings (SSSR count). The van der Waals surface area contributed by atoms with Crippen molar-refractivity contribution < 1.29 is 4.74 Å². The largest absolute Gasteiger partial charge is 0.370 e. The van der Waals surface area contributed by atoms with Gasteiger partial charge in [-0.3, -0.25) is 0 Å². The Labute approximate surface area is 126 Å². The van der Waals surface area contributed by atoms with Crippen molar-refractivity contribution in [2.45, 2.75) is 70.6 Å². The summed E-state index contributed by atoms with van der Waals surface area (Å²) in [7, 11) is 0. The lowest BCUT2D eigenvalue weighted by Crippen LogP contribution is -2.26. The Morgan fingerprint density at radius 2 is 1.95 bits per heavy atom. The number of benzene rings is 1. The van der Waals surface area contributed by atoms with Crippen molar-refractivity contribution in [3.05, 3.63) is 29.6 Å². The Morgan fingerprint density at radius 1 is 1.19 bits per heavy atom. The van der Waals surface area contributed by atoms with Crippen LogP contribution in [0.1, 0.15) is 49.7 Å². The van der Waals surface area contributed by atoms with E-state index in [-0.39, 0.29) is 5.60 Å². The highest BCUT2D eigenvalue weighted by molar-refractivity contribution is 5.77. The maximum Gasteiger partial charge on any atom is 0.0959 e. The van der Waals surface area contributed by atoms with E-state index < -0.39 is 0 Å². The average molecular weight is 284 g/mol. The fourth-order valence-corrected chi connectivity index (χ4v) is 4.09. The maximum atomic E-state index is 6.44. The van der Waals surface area contributed by atoms with Gasteiger partial charge >= 0.3 is 0 Å². The lowest BCUT2D eigenvalue weighted by molar-refractivity contribution is -0.0414. The molecule has 2 aromatic rings. The van der Waals surface area contributed by atoms with Crippen LogP contribution in [0.15, 0.2) is 18.5 Å². The second-order valence-corrected chi connectivity index (χ2v) is 6.99. The predicted molar refractivity (Wildman–Crippen MR) is 84.5 cm³/mol. The number of ether oxygens (including phenoxy) is 1. The van der Waals surface area contributed by atoms with E-state index in [1.807, 2.05) is 6.33 Å². The van der Waals surface area contributed by atoms with Gasteiger partial charge in [0.1, 0.15) is 0 Å². The molecule has 21 heavy (non-hydrogen) atoms. The molecule has 1 saturated heterocycles. The second-order valence-electron chi connectivity index (χ2n) is 6.99. The first-order valence-electron chi connectivity index (χ1n) is 8.25. The molecule has 2 aliphatic rings. The summed E-state index contributed by atoms with van der Waals surface area (Å²) in [6, 6.07) is 4.45. The quantitative estimate of drug-likeness (QED) is 0.828. The molecule has 1 aromatic heterocycles. The number of hydrogen-bond acceptors (Lipinski definition) is 2. The van der Waals surface area contributed by atoms with Crippen molar-refractivity contribution in [3.63, 3.8) is 0 Å². The minimum Gasteiger partial charge on any atom is -0.370 e. The zero-order valence-electron chi connectivity index (χ0n) is 13.1. The molecule has 112 valence electrons. The monoisotopic (exact) mass is 284 g/mol. The molecule has 0 N–H and O–H groups in total. The van der Waals surface area contributed by atoms with Gasteiger partial charge in [-0.1, -0.05) is 12.8 Å². The number of nitrogens with zero attached hydrogens (tertiary/aromatic N) is 2. The third-order valence-electron chi connectivity index (χ3n) is 5.49. The van der Waals surface area contributed by atoms with E-state index in [9.17, 15) is 0 Å². The topological polar surface area (TPSA) is 27.1 Å². The molecule has 1 aliphatic heterocycles. The first kappa shape index (κ1) is 13.3. The van der Waals surface area contributed by atoms with Crippen LogP contribution >= 0.6 is 0 Å². The molecule has 1 aliphatic carbocycles. The Hall–Kier alpha value is -1.35. The molecule has 1 atom stereocenters. The first-order chi connectivity index (χ1) is 10.2. The fraction of sp³-hybridized carbons (Fsp3) is 0.611. The molecule has 0 bridgehead atoms. The highest BCUT2D eigenvalue weighted by atomic mass is 16.5. The summed E-state index contributed by atoms with van der Waals surface area (Å²) in [4.78, 5) is 4.56. The molecule has 0 amide bonds. The Bertz CT molecular complexity index is 667. The third-order valence-corrected chi connectivity index (χ3v) is 5.49. The molecule has 1 unspecified atom stereocenters. The van der Waals surface area contributed by atoms with Crippen molar-refractivity contribution in [2.24, 2.45) is 0 Å². The zero-order valence-corrected chi connectivity index (χ0v) is 13.1. The maximum absolute atomic E-state index is 6.44. The fourth-order valence-electron chi connectivity index (χ4n) is 4.09. The summed E-state index contributed by atoms with van der Waals surface area (Å²) in [5.74, 6) is 0. The van der Waals surface area contributed by atoms with Crippen LogP contribution in [0.3, 0.4) is 0 Å². The van der Waals surface area contributed by atoms with Crippen LogP contribution < -0.4 is 0 Å². The van der Waals surface area contributed by atoms with E-state index in [4.69, 9.17) is 4.74 Å². The van der Waals surface area contributed by atoms with Crippen molar-refractivity contribution in [1.82, 2.24) is 9.55 Å². The molecular weight excluding hydrogens is 260 g/mol. The number of fused-ring (bicyclic) bond motifs is 1. The second kappa shape index (κ2) is 4.84. The van der Waals surface area contributed by atoms with Gasteiger partial charge in [0.05, 0.1) is 35.6 Å². The van der Waals surface area contributed by atoms with Crippen LogP contribution in [-0.4, -0.2) is 21.3 Å². The number of rotatable bonds is 2. The first-order valence-corrected chi connectivity index (χ1v) is 8.25. The number of aromatic nitrogens is 2. The Kier molecular flexibility index (Phi) is 3.07. The number of hydrogen-bond donors (Lipinski definition) is 0. The van der Waals surface area contributed by atoms with E-state index in [1.54, 1.807) is 0 Å². The summed E-state index contributed by atoms with van der Waals surface area (Å²) in [6.45, 7) is 5.27. The van der Waals surface area contributed by atoms with Gasteiger partial charge in [0, 0.05) is 0 Å². The van der Waals surface area contributed by atoms with Crippen LogP contribution in [0.5, 0.6) is 0 Å². The average Bonchev–Trinajstić information content (AvgIpc) is 3.16. The molecule has 3 heteroatoms. The lowest BCUT2D eigenvalue weighted by Gasteiger charge is -2.24. The minimum atomic E-state index is 0.230. The Balaban J connectivity index is 1.56. The van der Waals surface area contributed by atoms with Crippen LogP contribution in [-0.2, 0) is 11.3 Å². The standard InChI is InChI=1S/C18H24N2O/c1-13-9-16-17(10-14(13)2)20(12-19-16)11-15-5-8-18(21-15)6-3-4-7-18/h9-10,12,15H,3-8,11H2,1-2H3. The molecule has 0 radical (unpaired) electrons. The summed E-state index contributed by atoms with van der Waals surface area (Å²) >= 11 is 0. The summed E-state index contributed by atoms with van der Waals surface area (Å²) in [5.41, 5.74) is 5.23. The third kappa shape index (κ3) is 2.28. The number of imidazole rings is 1. The van der Waals surface area contributed by atoms with Crippen LogP contribution in [0.4, 0.5) is 0 Å². The summed E-state index contributed by atoms with van der Waals surface area (Å²) in [6.07, 6.45) is 10.0. The molecular formula is C18H24N2O. The van der Waals surface area contributed by atoms with Crippen molar-refractivity contribution >= 4 is 11.0 Å². The lowest BCUT2D eigenvalue weighted by atomic mass is 9.98. The normalized spacial score (nSPS) is 24.4. The van der Waals surface area contributed by atoms with Gasteiger partial charge in [-0.2, -0.15) is 0 Å². The zero-order chi connectivity index (χ0) is 14.4. The molecule has 1 saturated carbocycles. The highest BCUT2D eigenvalue weighted by Gasteiger charge is 2.42. The summed E-state index contributed by atoms with van der Waals surface area (Å²) in [5, 5.41) is 0. The van der Waals surface area contributed by atoms with Crippen molar-refractivity contribution in [1.29, 1.82) is 0 Å². The highest BCUT2D eigenvalue weighted by Crippen LogP contribution is 2.43. The van der Waals surface area contributed by atoms with Gasteiger partial charge in [0.2, 0.25) is 0 Å². The van der Waals surface area contributed by atoms with Crippen LogP contribution in [0.25, 0.3) is 11.0 Å². The van der Waals surface area contributed by atoms with E-state index >= 15 is 0 Å². The smallest absolute Gasteiger partial charge is 0.0959 e. The van der Waals surface area contributed by atoms with Gasteiger partial charge in [-0.25, -0.2) is 4.98 Å². The van der Waals surface area contributed by atoms with Crippen LogP contribution in [0, 0.1) is 13.8 Å². The van der Waals surface area contributed by atoms with E-state index in [2.05, 4.69) is 35.5 Å². The molecule has 1 aromatic carbocycles. The van der Waals surface area contributed by atoms with Gasteiger partial charge in [0.25, 0.3) is 0 Å². The van der Waals surface area contributed by atoms with E-state index in [0.717, 1.165) is 12.1 Å². The number of aryl methyl sites for hydroxylation is 2. The van der Waals surface area contributed by atoms with Gasteiger partial charge in [0.15, 0.2) is 0 Å². The Morgan fingerprint density at radius 3 is 2.76 bits per heavy atom. The molecule has 2 heterocycles. The van der Waals surface area contributed by atoms with E-state index in [0.29, 0.717) is 6.10 Å². The van der Waals surface area contributed by atoms with Crippen LogP contribution in [0.2, 0.25) is 0 Å². The van der Waals surface area contributed by atoms with Crippen molar-refractivity contribution in [2.75, 3.05) is 0 Å². The molecule has 2 fully saturated rings. The molecule has 1 spiro atoms. The van der Waals surface area contributed by atoms with Gasteiger partial charge < -0.3 is 9.30 Å². The molecule has 3 nitrogen and oxygen atoms in total. The summed E-state index contributed by atoms with van der Waals surface area (Å²) < 4.78 is 8.72. The predicted octanol–water partition coefficient (Wildman–Crippen LogP) is 4.14. The van der Waals surface area contributed by atoms with E-state index in [1.165, 1.54) is 55.2 Å². The SMILES string of the molecule is Cc1cc2ncn(CC3CCC4(CCCC4)O3)c2cc1C. The van der Waals surface area contributed by atoms with Gasteiger partial charge in [-0.15, -0.1) is 0 Å².